The molecule has 1 N–H and O–H groups in total. The summed E-state index contributed by atoms with van der Waals surface area (Å²) in [7, 11) is 0. The van der Waals surface area contributed by atoms with Crippen molar-refractivity contribution in [2.45, 2.75) is 13.2 Å². The molecule has 6 nitrogen and oxygen atoms in total. The third-order valence-electron chi connectivity index (χ3n) is 4.41. The van der Waals surface area contributed by atoms with E-state index in [0.717, 1.165) is 5.56 Å². The number of carbonyl (C=O) groups excluding carboxylic acids is 1. The number of hydrogen-bond donors (Lipinski definition) is 1. The van der Waals surface area contributed by atoms with Crippen LogP contribution in [0.15, 0.2) is 69.7 Å². The van der Waals surface area contributed by atoms with Crippen LogP contribution >= 0.6 is 50.7 Å². The Balaban J connectivity index is 1.39. The van der Waals surface area contributed by atoms with Gasteiger partial charge in [0.2, 0.25) is 0 Å². The first kappa shape index (κ1) is 22.7. The summed E-state index contributed by atoms with van der Waals surface area (Å²) in [5.41, 5.74) is 0.914. The maximum absolute atomic E-state index is 12.6. The van der Waals surface area contributed by atoms with Gasteiger partial charge in [-0.3, -0.25) is 9.48 Å². The molecule has 32 heavy (non-hydrogen) atoms. The molecule has 0 unspecified atom stereocenters. The lowest BCUT2D eigenvalue weighted by Crippen LogP contribution is -2.12. The van der Waals surface area contributed by atoms with E-state index in [0.29, 0.717) is 43.4 Å². The summed E-state index contributed by atoms with van der Waals surface area (Å²) in [6, 6.07) is 15.8. The smallest absolute Gasteiger partial charge is 0.292 e. The minimum Gasteiger partial charge on any atom is -0.484 e. The molecule has 4 aromatic rings. The number of amides is 1. The standard InChI is InChI=1S/C22H15BrCl3N3O3/c23-15-11-29(10-13-4-1-2-5-16(13)24)28-21(15)27-22(30)19-9-8-14(32-19)12-31-18-7-3-6-17(25)20(18)26/h1-9,11H,10,12H2,(H,27,28,30). The molecule has 2 heterocycles. The minimum absolute atomic E-state index is 0.0868. The number of nitrogens with one attached hydrogen (secondary N) is 1. The maximum Gasteiger partial charge on any atom is 0.292 e. The summed E-state index contributed by atoms with van der Waals surface area (Å²) in [5.74, 6) is 0.917. The zero-order chi connectivity index (χ0) is 22.7. The molecule has 164 valence electrons. The Morgan fingerprint density at radius 1 is 1.06 bits per heavy atom. The highest BCUT2D eigenvalue weighted by molar-refractivity contribution is 9.10. The first-order valence-corrected chi connectivity index (χ1v) is 11.3. The minimum atomic E-state index is -0.444. The molecule has 0 atom stereocenters. The third kappa shape index (κ3) is 5.30. The number of furan rings is 1. The third-order valence-corrected chi connectivity index (χ3v) is 6.16. The fraction of sp³-hybridized carbons (Fsp3) is 0.0909. The van der Waals surface area contributed by atoms with E-state index in [2.05, 4.69) is 26.3 Å². The fourth-order valence-corrected chi connectivity index (χ4v) is 3.81. The molecular formula is C22H15BrCl3N3O3. The van der Waals surface area contributed by atoms with Crippen molar-refractivity contribution in [2.75, 3.05) is 5.32 Å². The summed E-state index contributed by atoms with van der Waals surface area (Å²) < 4.78 is 13.5. The zero-order valence-corrected chi connectivity index (χ0v) is 20.2. The van der Waals surface area contributed by atoms with Gasteiger partial charge in [0.15, 0.2) is 11.6 Å². The van der Waals surface area contributed by atoms with E-state index >= 15 is 0 Å². The van der Waals surface area contributed by atoms with Crippen molar-refractivity contribution in [3.05, 3.63) is 97.4 Å². The topological polar surface area (TPSA) is 69.3 Å². The highest BCUT2D eigenvalue weighted by atomic mass is 79.9. The zero-order valence-electron chi connectivity index (χ0n) is 16.3. The maximum atomic E-state index is 12.6. The number of rotatable bonds is 7. The number of nitrogens with zero attached hydrogens (tertiary/aromatic N) is 2. The summed E-state index contributed by atoms with van der Waals surface area (Å²) in [5, 5.41) is 8.48. The first-order chi connectivity index (χ1) is 15.4. The number of ether oxygens (including phenoxy) is 1. The second kappa shape index (κ2) is 10.0. The van der Waals surface area contributed by atoms with Gasteiger partial charge in [-0.05, 0) is 51.8 Å². The number of benzene rings is 2. The van der Waals surface area contributed by atoms with E-state index < -0.39 is 5.91 Å². The predicted octanol–water partition coefficient (Wildman–Crippen LogP) is 7.08. The Morgan fingerprint density at radius 2 is 1.84 bits per heavy atom. The lowest BCUT2D eigenvalue weighted by Gasteiger charge is -2.07. The van der Waals surface area contributed by atoms with Gasteiger partial charge in [-0.1, -0.05) is 59.1 Å². The van der Waals surface area contributed by atoms with Gasteiger partial charge in [-0.2, -0.15) is 5.10 Å². The molecule has 0 bridgehead atoms. The van der Waals surface area contributed by atoms with Crippen molar-refractivity contribution in [1.82, 2.24) is 9.78 Å². The van der Waals surface area contributed by atoms with Crippen molar-refractivity contribution in [1.29, 1.82) is 0 Å². The van der Waals surface area contributed by atoms with Crippen LogP contribution in [0, 0.1) is 0 Å². The molecule has 10 heteroatoms. The summed E-state index contributed by atoms with van der Waals surface area (Å²) in [6.07, 6.45) is 1.76. The molecule has 2 aromatic carbocycles. The SMILES string of the molecule is O=C(Nc1nn(Cc2ccccc2Cl)cc1Br)c1ccc(COc2cccc(Cl)c2Cl)o1. The highest BCUT2D eigenvalue weighted by Crippen LogP contribution is 2.32. The first-order valence-electron chi connectivity index (χ1n) is 9.34. The summed E-state index contributed by atoms with van der Waals surface area (Å²) >= 11 is 21.7. The molecule has 4 rings (SSSR count). The van der Waals surface area contributed by atoms with E-state index in [1.165, 1.54) is 0 Å². The second-order valence-electron chi connectivity index (χ2n) is 6.68. The van der Waals surface area contributed by atoms with Gasteiger partial charge in [-0.15, -0.1) is 0 Å². The van der Waals surface area contributed by atoms with Gasteiger partial charge in [0, 0.05) is 11.2 Å². The van der Waals surface area contributed by atoms with Crippen LogP contribution < -0.4 is 10.1 Å². The number of hydrogen-bond acceptors (Lipinski definition) is 4. The van der Waals surface area contributed by atoms with Crippen molar-refractivity contribution in [2.24, 2.45) is 0 Å². The van der Waals surface area contributed by atoms with Gasteiger partial charge < -0.3 is 14.5 Å². The molecule has 0 radical (unpaired) electrons. The van der Waals surface area contributed by atoms with Crippen molar-refractivity contribution in [3.63, 3.8) is 0 Å². The van der Waals surface area contributed by atoms with Crippen LogP contribution in [0.5, 0.6) is 5.75 Å². The number of aromatic nitrogens is 2. The molecule has 0 aliphatic carbocycles. The Bertz CT molecular complexity index is 1270. The Hall–Kier alpha value is -2.45. The van der Waals surface area contributed by atoms with E-state index in [-0.39, 0.29) is 12.4 Å². The molecule has 0 aliphatic rings. The average Bonchev–Trinajstić information content (AvgIpc) is 3.38. The quantitative estimate of drug-likeness (QED) is 0.265. The van der Waals surface area contributed by atoms with Crippen molar-refractivity contribution < 1.29 is 13.9 Å². The van der Waals surface area contributed by atoms with E-state index in [4.69, 9.17) is 44.0 Å². The van der Waals surface area contributed by atoms with Crippen molar-refractivity contribution in [3.8, 4) is 5.75 Å². The van der Waals surface area contributed by atoms with Gasteiger partial charge in [0.05, 0.1) is 16.0 Å². The van der Waals surface area contributed by atoms with Crippen LogP contribution in [0.4, 0.5) is 5.82 Å². The Kier molecular flexibility index (Phi) is 7.10. The van der Waals surface area contributed by atoms with Crippen molar-refractivity contribution >= 4 is 62.5 Å². The summed E-state index contributed by atoms with van der Waals surface area (Å²) in [4.78, 5) is 12.6. The van der Waals surface area contributed by atoms with Crippen LogP contribution in [0.3, 0.4) is 0 Å². The Labute approximate surface area is 207 Å². The predicted molar refractivity (Wildman–Crippen MR) is 128 cm³/mol. The van der Waals surface area contributed by atoms with Gasteiger partial charge >= 0.3 is 0 Å². The number of carbonyl (C=O) groups is 1. The molecule has 0 aliphatic heterocycles. The normalized spacial score (nSPS) is 10.9. The van der Waals surface area contributed by atoms with Crippen LogP contribution in [0.2, 0.25) is 15.1 Å². The van der Waals surface area contributed by atoms with E-state index in [1.807, 2.05) is 24.3 Å². The highest BCUT2D eigenvalue weighted by Gasteiger charge is 2.16. The summed E-state index contributed by atoms with van der Waals surface area (Å²) in [6.45, 7) is 0.548. The molecule has 0 saturated carbocycles. The van der Waals surface area contributed by atoms with E-state index in [1.54, 1.807) is 41.2 Å². The fourth-order valence-electron chi connectivity index (χ4n) is 2.85. The van der Waals surface area contributed by atoms with Crippen LogP contribution in [0.25, 0.3) is 0 Å². The molecule has 0 saturated heterocycles. The van der Waals surface area contributed by atoms with Gasteiger partial charge in [0.1, 0.15) is 23.1 Å². The van der Waals surface area contributed by atoms with Gasteiger partial charge in [-0.25, -0.2) is 0 Å². The number of anilines is 1. The molecule has 0 fully saturated rings. The lowest BCUT2D eigenvalue weighted by molar-refractivity contribution is 0.0992. The monoisotopic (exact) mass is 553 g/mol. The molecular weight excluding hydrogens is 541 g/mol. The second-order valence-corrected chi connectivity index (χ2v) is 8.72. The number of halogens is 4. The molecule has 0 spiro atoms. The van der Waals surface area contributed by atoms with E-state index in [9.17, 15) is 4.79 Å². The molecule has 2 aromatic heterocycles. The lowest BCUT2D eigenvalue weighted by atomic mass is 10.2. The van der Waals surface area contributed by atoms with Crippen LogP contribution in [-0.2, 0) is 13.2 Å². The molecule has 1 amide bonds. The Morgan fingerprint density at radius 3 is 2.66 bits per heavy atom. The van der Waals surface area contributed by atoms with Crippen LogP contribution in [0.1, 0.15) is 21.9 Å². The van der Waals surface area contributed by atoms with Crippen LogP contribution in [-0.4, -0.2) is 15.7 Å². The largest absolute Gasteiger partial charge is 0.484 e. The van der Waals surface area contributed by atoms with Gasteiger partial charge in [0.25, 0.3) is 5.91 Å². The average molecular weight is 556 g/mol.